The highest BCUT2D eigenvalue weighted by atomic mass is 16.5. The third kappa shape index (κ3) is 7.22. The van der Waals surface area contributed by atoms with Crippen LogP contribution in [0.2, 0.25) is 0 Å². The summed E-state index contributed by atoms with van der Waals surface area (Å²) in [7, 11) is 0. The van der Waals surface area contributed by atoms with Crippen molar-refractivity contribution in [3.63, 3.8) is 0 Å². The molecule has 0 radical (unpaired) electrons. The van der Waals surface area contributed by atoms with Gasteiger partial charge in [-0.25, -0.2) is 4.98 Å². The molecule has 0 atom stereocenters. The maximum atomic E-state index is 12.3. The molecular weight excluding hydrogens is 366 g/mol. The van der Waals surface area contributed by atoms with Gasteiger partial charge in [-0.15, -0.1) is 0 Å². The summed E-state index contributed by atoms with van der Waals surface area (Å²) in [5.41, 5.74) is 2.52. The van der Waals surface area contributed by atoms with Crippen molar-refractivity contribution < 1.29 is 14.3 Å². The molecule has 1 aromatic carbocycles. The molecule has 0 aliphatic heterocycles. The van der Waals surface area contributed by atoms with Gasteiger partial charge in [0.25, 0.3) is 5.91 Å². The van der Waals surface area contributed by atoms with Crippen LogP contribution in [-0.2, 0) is 16.8 Å². The predicted molar refractivity (Wildman–Crippen MR) is 114 cm³/mol. The predicted octanol–water partition coefficient (Wildman–Crippen LogP) is 3.60. The number of pyridine rings is 1. The van der Waals surface area contributed by atoms with Crippen LogP contribution in [-0.4, -0.2) is 29.9 Å². The molecule has 156 valence electrons. The van der Waals surface area contributed by atoms with Gasteiger partial charge in [-0.1, -0.05) is 52.3 Å². The first kappa shape index (κ1) is 22.4. The molecule has 0 unspecified atom stereocenters. The quantitative estimate of drug-likeness (QED) is 0.634. The van der Waals surface area contributed by atoms with E-state index in [4.69, 9.17) is 4.74 Å². The van der Waals surface area contributed by atoms with E-state index in [1.165, 1.54) is 0 Å². The lowest BCUT2D eigenvalue weighted by atomic mass is 9.87. The molecule has 0 bridgehead atoms. The Morgan fingerprint density at radius 1 is 1.07 bits per heavy atom. The first-order chi connectivity index (χ1) is 13.8. The van der Waals surface area contributed by atoms with Crippen molar-refractivity contribution in [2.24, 2.45) is 0 Å². The first-order valence-corrected chi connectivity index (χ1v) is 10.0. The molecule has 6 nitrogen and oxygen atoms in total. The summed E-state index contributed by atoms with van der Waals surface area (Å²) < 4.78 is 5.67. The smallest absolute Gasteiger partial charge is 0.251 e. The first-order valence-electron chi connectivity index (χ1n) is 10.0. The van der Waals surface area contributed by atoms with E-state index in [1.807, 2.05) is 18.2 Å². The minimum Gasteiger partial charge on any atom is -0.477 e. The van der Waals surface area contributed by atoms with E-state index in [0.29, 0.717) is 24.6 Å². The molecule has 2 aromatic rings. The van der Waals surface area contributed by atoms with E-state index in [2.05, 4.69) is 43.3 Å². The molecule has 2 rings (SSSR count). The number of nitrogens with zero attached hydrogens (tertiary/aromatic N) is 1. The van der Waals surface area contributed by atoms with Crippen molar-refractivity contribution in [3.8, 4) is 5.88 Å². The van der Waals surface area contributed by atoms with Crippen LogP contribution in [0, 0.1) is 0 Å². The van der Waals surface area contributed by atoms with Crippen LogP contribution in [0.15, 0.2) is 42.6 Å². The van der Waals surface area contributed by atoms with Gasteiger partial charge in [0.2, 0.25) is 11.8 Å². The van der Waals surface area contributed by atoms with Crippen molar-refractivity contribution in [3.05, 3.63) is 59.3 Å². The molecule has 29 heavy (non-hydrogen) atoms. The van der Waals surface area contributed by atoms with Crippen LogP contribution in [0.4, 0.5) is 0 Å². The Morgan fingerprint density at radius 3 is 2.45 bits per heavy atom. The van der Waals surface area contributed by atoms with Gasteiger partial charge >= 0.3 is 0 Å². The monoisotopic (exact) mass is 397 g/mol. The minimum atomic E-state index is -0.273. The lowest BCUT2D eigenvalue weighted by Gasteiger charge is -2.19. The zero-order valence-corrected chi connectivity index (χ0v) is 17.7. The summed E-state index contributed by atoms with van der Waals surface area (Å²) in [6.45, 7) is 9.25. The van der Waals surface area contributed by atoms with Gasteiger partial charge in [0.05, 0.1) is 13.2 Å². The number of amides is 2. The van der Waals surface area contributed by atoms with Crippen LogP contribution in [0.1, 0.15) is 62.0 Å². The van der Waals surface area contributed by atoms with Crippen molar-refractivity contribution >= 4 is 11.8 Å². The topological polar surface area (TPSA) is 80.3 Å². The van der Waals surface area contributed by atoms with Crippen LogP contribution < -0.4 is 15.4 Å². The SMILES string of the molecule is CCCCOc1ncccc1CNC(=O)CNC(=O)c1ccc(C(C)(C)C)cc1. The fourth-order valence-electron chi connectivity index (χ4n) is 2.64. The average Bonchev–Trinajstić information content (AvgIpc) is 2.71. The highest BCUT2D eigenvalue weighted by Gasteiger charge is 2.15. The molecule has 0 fully saturated rings. The Hall–Kier alpha value is -2.89. The maximum Gasteiger partial charge on any atom is 0.251 e. The normalized spacial score (nSPS) is 11.0. The molecule has 0 spiro atoms. The Bertz CT molecular complexity index is 811. The number of hydrogen-bond acceptors (Lipinski definition) is 4. The van der Waals surface area contributed by atoms with Crippen LogP contribution >= 0.6 is 0 Å². The fraction of sp³-hybridized carbons (Fsp3) is 0.435. The second-order valence-electron chi connectivity index (χ2n) is 7.96. The van der Waals surface area contributed by atoms with Gasteiger partial charge in [-0.2, -0.15) is 0 Å². The zero-order chi connectivity index (χ0) is 21.3. The van der Waals surface area contributed by atoms with Crippen LogP contribution in [0.5, 0.6) is 5.88 Å². The number of aromatic nitrogens is 1. The van der Waals surface area contributed by atoms with Crippen molar-refractivity contribution in [2.75, 3.05) is 13.2 Å². The lowest BCUT2D eigenvalue weighted by Crippen LogP contribution is -2.36. The Labute approximate surface area is 173 Å². The van der Waals surface area contributed by atoms with Crippen LogP contribution in [0.25, 0.3) is 0 Å². The van der Waals surface area contributed by atoms with Gasteiger partial charge in [-0.05, 0) is 35.6 Å². The van der Waals surface area contributed by atoms with Gasteiger partial charge < -0.3 is 15.4 Å². The number of rotatable bonds is 9. The number of benzene rings is 1. The largest absolute Gasteiger partial charge is 0.477 e. The number of unbranched alkanes of at least 4 members (excludes halogenated alkanes) is 1. The third-order valence-electron chi connectivity index (χ3n) is 4.49. The Kier molecular flexibility index (Phi) is 8.19. The van der Waals surface area contributed by atoms with E-state index in [-0.39, 0.29) is 23.8 Å². The summed E-state index contributed by atoms with van der Waals surface area (Å²) in [4.78, 5) is 28.6. The highest BCUT2D eigenvalue weighted by Crippen LogP contribution is 2.22. The molecule has 0 saturated carbocycles. The molecule has 1 aromatic heterocycles. The fourth-order valence-corrected chi connectivity index (χ4v) is 2.64. The standard InChI is InChI=1S/C23H31N3O3/c1-5-6-14-29-22-18(8-7-13-24-22)15-25-20(27)16-26-21(28)17-9-11-19(12-10-17)23(2,3)4/h7-13H,5-6,14-16H2,1-4H3,(H,25,27)(H,26,28). The molecule has 0 aliphatic carbocycles. The Balaban J connectivity index is 1.82. The molecular formula is C23H31N3O3. The second-order valence-corrected chi connectivity index (χ2v) is 7.96. The van der Waals surface area contributed by atoms with Gasteiger partial charge in [0.1, 0.15) is 0 Å². The minimum absolute atomic E-state index is 0.0281. The third-order valence-corrected chi connectivity index (χ3v) is 4.49. The Morgan fingerprint density at radius 2 is 1.79 bits per heavy atom. The molecule has 2 N–H and O–H groups in total. The zero-order valence-electron chi connectivity index (χ0n) is 17.7. The maximum absolute atomic E-state index is 12.3. The summed E-state index contributed by atoms with van der Waals surface area (Å²) in [5, 5.41) is 5.44. The lowest BCUT2D eigenvalue weighted by molar-refractivity contribution is -0.120. The molecule has 1 heterocycles. The molecule has 0 aliphatic rings. The number of carbonyl (C=O) groups is 2. The molecule has 2 amide bonds. The average molecular weight is 398 g/mol. The van der Waals surface area contributed by atoms with Crippen LogP contribution in [0.3, 0.4) is 0 Å². The van der Waals surface area contributed by atoms with Crippen molar-refractivity contribution in [1.82, 2.24) is 15.6 Å². The number of nitrogens with one attached hydrogen (secondary N) is 2. The molecule has 0 saturated heterocycles. The summed E-state index contributed by atoms with van der Waals surface area (Å²) in [5.74, 6) is -0.0113. The van der Waals surface area contributed by atoms with E-state index in [1.54, 1.807) is 24.4 Å². The second kappa shape index (κ2) is 10.6. The number of ether oxygens (including phenoxy) is 1. The van der Waals surface area contributed by atoms with Gasteiger partial charge in [0, 0.05) is 23.9 Å². The number of carbonyl (C=O) groups excluding carboxylic acids is 2. The summed E-state index contributed by atoms with van der Waals surface area (Å²) >= 11 is 0. The highest BCUT2D eigenvalue weighted by molar-refractivity contribution is 5.96. The van der Waals surface area contributed by atoms with Crippen molar-refractivity contribution in [2.45, 2.75) is 52.5 Å². The van der Waals surface area contributed by atoms with E-state index >= 15 is 0 Å². The number of hydrogen-bond donors (Lipinski definition) is 2. The van der Waals surface area contributed by atoms with Gasteiger partial charge in [-0.3, -0.25) is 9.59 Å². The van der Waals surface area contributed by atoms with Crippen molar-refractivity contribution in [1.29, 1.82) is 0 Å². The van der Waals surface area contributed by atoms with Gasteiger partial charge in [0.15, 0.2) is 0 Å². The van der Waals surface area contributed by atoms with E-state index in [0.717, 1.165) is 24.0 Å². The summed E-state index contributed by atoms with van der Waals surface area (Å²) in [6.07, 6.45) is 3.65. The molecule has 6 heteroatoms. The summed E-state index contributed by atoms with van der Waals surface area (Å²) in [6, 6.07) is 11.1. The van der Waals surface area contributed by atoms with E-state index < -0.39 is 0 Å². The van der Waals surface area contributed by atoms with E-state index in [9.17, 15) is 9.59 Å².